The van der Waals surface area contributed by atoms with Crippen molar-refractivity contribution in [1.29, 1.82) is 0 Å². The molecule has 0 amide bonds. The molecule has 1 saturated heterocycles. The van der Waals surface area contributed by atoms with Gasteiger partial charge in [-0.25, -0.2) is 4.39 Å². The van der Waals surface area contributed by atoms with Gasteiger partial charge in [-0.05, 0) is 38.2 Å². The van der Waals surface area contributed by atoms with Crippen molar-refractivity contribution in [2.75, 3.05) is 38.1 Å². The lowest BCUT2D eigenvalue weighted by Gasteiger charge is -2.32. The summed E-state index contributed by atoms with van der Waals surface area (Å²) in [6.07, 6.45) is 0. The molecule has 0 atom stereocenters. The molecular weight excluding hydrogens is 367 g/mol. The van der Waals surface area contributed by atoms with Crippen LogP contribution in [-0.2, 0) is 10.0 Å². The summed E-state index contributed by atoms with van der Waals surface area (Å²) in [5, 5.41) is 5.05. The molecule has 0 saturated carbocycles. The molecule has 4 rings (SSSR count). The van der Waals surface area contributed by atoms with Gasteiger partial charge < -0.3 is 9.80 Å². The highest BCUT2D eigenvalue weighted by Gasteiger charge is 2.26. The number of nitrogens with zero attached hydrogens (tertiary/aromatic N) is 4. The molecule has 1 aliphatic rings. The van der Waals surface area contributed by atoms with Gasteiger partial charge in [0.25, 0.3) is 10.0 Å². The third-order valence-corrected chi connectivity index (χ3v) is 6.54. The minimum Gasteiger partial charge on any atom is -0.352 e. The summed E-state index contributed by atoms with van der Waals surface area (Å²) in [6.45, 7) is 5.09. The van der Waals surface area contributed by atoms with Crippen LogP contribution in [0.5, 0.6) is 0 Å². The van der Waals surface area contributed by atoms with Gasteiger partial charge in [0.15, 0.2) is 5.82 Å². The fraction of sp³-hybridized carbons (Fsp3) is 0.316. The molecule has 6 nitrogen and oxygen atoms in total. The van der Waals surface area contributed by atoms with Crippen molar-refractivity contribution in [2.45, 2.75) is 11.8 Å². The Morgan fingerprint density at radius 3 is 2.33 bits per heavy atom. The molecule has 0 N–H and O–H groups in total. The summed E-state index contributed by atoms with van der Waals surface area (Å²) in [5.41, 5.74) is 1.22. The second-order valence-electron chi connectivity index (χ2n) is 6.94. The first kappa shape index (κ1) is 17.9. The minimum absolute atomic E-state index is 0.131. The Morgan fingerprint density at radius 1 is 1.00 bits per heavy atom. The number of rotatable bonds is 3. The smallest absolute Gasteiger partial charge is 0.283 e. The van der Waals surface area contributed by atoms with Gasteiger partial charge in [0.1, 0.15) is 5.82 Å². The predicted molar refractivity (Wildman–Crippen MR) is 103 cm³/mol. The fourth-order valence-corrected chi connectivity index (χ4v) is 4.57. The molecule has 0 spiro atoms. The second-order valence-corrected chi connectivity index (χ2v) is 8.70. The SMILES string of the molecule is Cc1ccc(S(=O)(=O)n2nc(N3CCN(C)CC3)c3ccc(F)cc32)cc1. The van der Waals surface area contributed by atoms with E-state index in [0.717, 1.165) is 35.8 Å². The van der Waals surface area contributed by atoms with Gasteiger partial charge >= 0.3 is 0 Å². The third-order valence-electron chi connectivity index (χ3n) is 4.94. The molecule has 0 radical (unpaired) electrons. The number of aromatic nitrogens is 2. The molecule has 2 heterocycles. The number of aryl methyl sites for hydroxylation is 1. The first-order valence-electron chi connectivity index (χ1n) is 8.80. The Labute approximate surface area is 157 Å². The van der Waals surface area contributed by atoms with Gasteiger partial charge in [-0.3, -0.25) is 0 Å². The first-order chi connectivity index (χ1) is 12.9. The number of hydrogen-bond donors (Lipinski definition) is 0. The largest absolute Gasteiger partial charge is 0.352 e. The van der Waals surface area contributed by atoms with E-state index in [4.69, 9.17) is 0 Å². The molecule has 1 fully saturated rings. The van der Waals surface area contributed by atoms with Crippen LogP contribution in [0, 0.1) is 12.7 Å². The van der Waals surface area contributed by atoms with Crippen LogP contribution < -0.4 is 4.90 Å². The Kier molecular flexibility index (Phi) is 4.39. The zero-order valence-corrected chi connectivity index (χ0v) is 16.1. The predicted octanol–water partition coefficient (Wildman–Crippen LogP) is 2.47. The van der Waals surface area contributed by atoms with Crippen molar-refractivity contribution in [3.63, 3.8) is 0 Å². The standard InChI is InChI=1S/C19H21FN4O2S/c1-14-3-6-16(7-4-14)27(25,26)24-18-13-15(20)5-8-17(18)19(21-24)23-11-9-22(2)10-12-23/h3-8,13H,9-12H2,1-2H3. The van der Waals surface area contributed by atoms with E-state index in [-0.39, 0.29) is 10.4 Å². The zero-order chi connectivity index (χ0) is 19.2. The van der Waals surface area contributed by atoms with Crippen LogP contribution in [-0.4, -0.2) is 55.7 Å². The maximum absolute atomic E-state index is 13.9. The van der Waals surface area contributed by atoms with E-state index >= 15 is 0 Å². The molecule has 3 aromatic rings. The summed E-state index contributed by atoms with van der Waals surface area (Å²) in [5.74, 6) is 0.0847. The van der Waals surface area contributed by atoms with Crippen molar-refractivity contribution < 1.29 is 12.8 Å². The van der Waals surface area contributed by atoms with E-state index in [0.29, 0.717) is 11.2 Å². The zero-order valence-electron chi connectivity index (χ0n) is 15.3. The number of likely N-dealkylation sites (N-methyl/N-ethyl adjacent to an activating group) is 1. The molecule has 0 aliphatic carbocycles. The Morgan fingerprint density at radius 2 is 1.67 bits per heavy atom. The van der Waals surface area contributed by atoms with Crippen LogP contribution in [0.3, 0.4) is 0 Å². The number of halogens is 1. The van der Waals surface area contributed by atoms with Crippen LogP contribution in [0.25, 0.3) is 10.9 Å². The summed E-state index contributed by atoms with van der Waals surface area (Å²) in [7, 11) is -1.88. The van der Waals surface area contributed by atoms with E-state index in [1.807, 2.05) is 14.0 Å². The van der Waals surface area contributed by atoms with E-state index in [9.17, 15) is 12.8 Å². The van der Waals surface area contributed by atoms with Gasteiger partial charge in [-0.1, -0.05) is 17.7 Å². The molecule has 27 heavy (non-hydrogen) atoms. The van der Waals surface area contributed by atoms with E-state index < -0.39 is 15.8 Å². The lowest BCUT2D eigenvalue weighted by molar-refractivity contribution is 0.312. The number of fused-ring (bicyclic) bond motifs is 1. The van der Waals surface area contributed by atoms with Crippen LogP contribution in [0.2, 0.25) is 0 Å². The van der Waals surface area contributed by atoms with Crippen molar-refractivity contribution in [3.05, 3.63) is 53.8 Å². The molecule has 2 aromatic carbocycles. The topological polar surface area (TPSA) is 58.4 Å². The maximum atomic E-state index is 13.9. The highest BCUT2D eigenvalue weighted by Crippen LogP contribution is 2.30. The molecule has 1 aromatic heterocycles. The normalized spacial score (nSPS) is 16.2. The molecule has 142 valence electrons. The summed E-state index contributed by atoms with van der Waals surface area (Å²) >= 11 is 0. The number of hydrogen-bond acceptors (Lipinski definition) is 5. The number of anilines is 1. The van der Waals surface area contributed by atoms with E-state index in [2.05, 4.69) is 14.9 Å². The summed E-state index contributed by atoms with van der Waals surface area (Å²) in [4.78, 5) is 4.39. The molecule has 0 bridgehead atoms. The van der Waals surface area contributed by atoms with Crippen LogP contribution >= 0.6 is 0 Å². The summed E-state index contributed by atoms with van der Waals surface area (Å²) < 4.78 is 41.2. The van der Waals surface area contributed by atoms with Crippen molar-refractivity contribution in [3.8, 4) is 0 Å². The molecule has 8 heteroatoms. The monoisotopic (exact) mass is 388 g/mol. The Balaban J connectivity index is 1.88. The van der Waals surface area contributed by atoms with Crippen LogP contribution in [0.1, 0.15) is 5.56 Å². The minimum atomic E-state index is -3.93. The lowest BCUT2D eigenvalue weighted by atomic mass is 10.2. The van der Waals surface area contributed by atoms with Crippen molar-refractivity contribution >= 4 is 26.7 Å². The van der Waals surface area contributed by atoms with Gasteiger partial charge in [0.05, 0.1) is 10.4 Å². The van der Waals surface area contributed by atoms with Gasteiger partial charge in [-0.2, -0.15) is 12.5 Å². The Hall–Kier alpha value is -2.45. The number of piperazine rings is 1. The van der Waals surface area contributed by atoms with Gasteiger partial charge in [0, 0.05) is 37.6 Å². The van der Waals surface area contributed by atoms with Crippen molar-refractivity contribution in [1.82, 2.24) is 14.1 Å². The summed E-state index contributed by atoms with van der Waals surface area (Å²) in [6, 6.07) is 10.7. The van der Waals surface area contributed by atoms with Crippen LogP contribution in [0.4, 0.5) is 10.2 Å². The maximum Gasteiger partial charge on any atom is 0.283 e. The third kappa shape index (κ3) is 3.19. The average Bonchev–Trinajstić information content (AvgIpc) is 3.02. The van der Waals surface area contributed by atoms with E-state index in [1.54, 1.807) is 30.3 Å². The van der Waals surface area contributed by atoms with Gasteiger partial charge in [0.2, 0.25) is 0 Å². The van der Waals surface area contributed by atoms with Crippen molar-refractivity contribution in [2.24, 2.45) is 0 Å². The second kappa shape index (κ2) is 6.61. The lowest BCUT2D eigenvalue weighted by Crippen LogP contribution is -2.44. The quantitative estimate of drug-likeness (QED) is 0.690. The van der Waals surface area contributed by atoms with Gasteiger partial charge in [-0.15, -0.1) is 5.10 Å². The Bertz CT molecular complexity index is 1080. The average molecular weight is 388 g/mol. The highest BCUT2D eigenvalue weighted by atomic mass is 32.2. The molecule has 0 unspecified atom stereocenters. The molecular formula is C19H21FN4O2S. The van der Waals surface area contributed by atoms with Crippen LogP contribution in [0.15, 0.2) is 47.4 Å². The highest BCUT2D eigenvalue weighted by molar-refractivity contribution is 7.90. The fourth-order valence-electron chi connectivity index (χ4n) is 3.29. The molecule has 1 aliphatic heterocycles. The van der Waals surface area contributed by atoms with E-state index in [1.165, 1.54) is 12.1 Å². The number of benzene rings is 2. The first-order valence-corrected chi connectivity index (χ1v) is 10.2.